The van der Waals surface area contributed by atoms with Crippen molar-refractivity contribution in [3.63, 3.8) is 0 Å². The second-order valence-electron chi connectivity index (χ2n) is 4.85. The highest BCUT2D eigenvalue weighted by atomic mass is 16.1. The molecule has 2 aromatic rings. The Morgan fingerprint density at radius 3 is 2.76 bits per heavy atom. The van der Waals surface area contributed by atoms with Crippen molar-refractivity contribution in [1.29, 1.82) is 0 Å². The lowest BCUT2D eigenvalue weighted by Gasteiger charge is -2.16. The molecule has 0 saturated heterocycles. The number of H-pyrrole nitrogens is 1. The molecule has 0 radical (unpaired) electrons. The maximum absolute atomic E-state index is 10.8. The van der Waals surface area contributed by atoms with Crippen LogP contribution in [0, 0.1) is 5.92 Å². The minimum atomic E-state index is 0.403. The van der Waals surface area contributed by atoms with E-state index in [0.29, 0.717) is 17.5 Å². The van der Waals surface area contributed by atoms with Crippen LogP contribution >= 0.6 is 0 Å². The van der Waals surface area contributed by atoms with Crippen molar-refractivity contribution in [1.82, 2.24) is 4.98 Å². The Morgan fingerprint density at radius 2 is 2.06 bits per heavy atom. The average molecular weight is 225 g/mol. The summed E-state index contributed by atoms with van der Waals surface area (Å²) in [6.07, 6.45) is 1.95. The SMILES string of the molecule is CC1Cc2cc(C=O)[nH]c2C1c1ccccc1. The molecule has 0 fully saturated rings. The van der Waals surface area contributed by atoms with Gasteiger partial charge >= 0.3 is 0 Å². The quantitative estimate of drug-likeness (QED) is 0.782. The normalized spacial score (nSPS) is 22.4. The first-order valence-electron chi connectivity index (χ1n) is 6.01. The number of fused-ring (bicyclic) bond motifs is 1. The number of aromatic nitrogens is 1. The molecule has 1 aromatic heterocycles. The molecular formula is C15H15NO. The van der Waals surface area contributed by atoms with Gasteiger partial charge in [-0.05, 0) is 29.5 Å². The van der Waals surface area contributed by atoms with Gasteiger partial charge in [0.1, 0.15) is 0 Å². The Morgan fingerprint density at radius 1 is 1.29 bits per heavy atom. The molecule has 0 aliphatic heterocycles. The lowest BCUT2D eigenvalue weighted by molar-refractivity contribution is 0.111. The number of hydrogen-bond acceptors (Lipinski definition) is 1. The Bertz CT molecular complexity index is 541. The fourth-order valence-electron chi connectivity index (χ4n) is 2.95. The van der Waals surface area contributed by atoms with E-state index in [1.54, 1.807) is 0 Å². The van der Waals surface area contributed by atoms with E-state index in [4.69, 9.17) is 0 Å². The molecule has 1 aliphatic carbocycles. The van der Waals surface area contributed by atoms with E-state index in [2.05, 4.69) is 36.2 Å². The number of hydrogen-bond donors (Lipinski definition) is 1. The molecule has 2 atom stereocenters. The predicted octanol–water partition coefficient (Wildman–Crippen LogP) is 3.15. The van der Waals surface area contributed by atoms with Crippen molar-refractivity contribution in [3.05, 3.63) is 58.9 Å². The Balaban J connectivity index is 2.07. The molecule has 17 heavy (non-hydrogen) atoms. The topological polar surface area (TPSA) is 32.9 Å². The van der Waals surface area contributed by atoms with E-state index in [0.717, 1.165) is 12.7 Å². The van der Waals surface area contributed by atoms with Crippen LogP contribution in [0.5, 0.6) is 0 Å². The van der Waals surface area contributed by atoms with Crippen LogP contribution in [0.25, 0.3) is 0 Å². The molecule has 1 N–H and O–H groups in total. The fraction of sp³-hybridized carbons (Fsp3) is 0.267. The van der Waals surface area contributed by atoms with Crippen LogP contribution in [-0.4, -0.2) is 11.3 Å². The zero-order valence-electron chi connectivity index (χ0n) is 9.81. The summed E-state index contributed by atoms with van der Waals surface area (Å²) in [6, 6.07) is 12.5. The number of rotatable bonds is 2. The molecule has 2 heteroatoms. The van der Waals surface area contributed by atoms with Gasteiger partial charge in [0.05, 0.1) is 5.69 Å². The molecule has 86 valence electrons. The first-order valence-corrected chi connectivity index (χ1v) is 6.01. The summed E-state index contributed by atoms with van der Waals surface area (Å²) >= 11 is 0. The molecule has 2 nitrogen and oxygen atoms in total. The van der Waals surface area contributed by atoms with E-state index >= 15 is 0 Å². The zero-order valence-corrected chi connectivity index (χ0v) is 9.81. The van der Waals surface area contributed by atoms with Gasteiger partial charge in [0, 0.05) is 11.6 Å². The highest BCUT2D eigenvalue weighted by Gasteiger charge is 2.32. The highest BCUT2D eigenvalue weighted by molar-refractivity contribution is 5.73. The second-order valence-corrected chi connectivity index (χ2v) is 4.85. The number of carbonyl (C=O) groups is 1. The third-order valence-corrected chi connectivity index (χ3v) is 3.66. The summed E-state index contributed by atoms with van der Waals surface area (Å²) in [5, 5.41) is 0. The maximum atomic E-state index is 10.8. The number of carbonyl (C=O) groups excluding carboxylic acids is 1. The summed E-state index contributed by atoms with van der Waals surface area (Å²) in [7, 11) is 0. The Kier molecular flexibility index (Phi) is 2.36. The fourth-order valence-corrected chi connectivity index (χ4v) is 2.95. The predicted molar refractivity (Wildman–Crippen MR) is 67.3 cm³/mol. The summed E-state index contributed by atoms with van der Waals surface area (Å²) in [5.74, 6) is 0.999. The smallest absolute Gasteiger partial charge is 0.166 e. The van der Waals surface area contributed by atoms with E-state index in [-0.39, 0.29) is 0 Å². The molecule has 0 spiro atoms. The van der Waals surface area contributed by atoms with Gasteiger partial charge in [-0.15, -0.1) is 0 Å². The maximum Gasteiger partial charge on any atom is 0.166 e. The van der Waals surface area contributed by atoms with Crippen LogP contribution in [0.1, 0.15) is 40.2 Å². The average Bonchev–Trinajstić information content (AvgIpc) is 2.86. The van der Waals surface area contributed by atoms with Gasteiger partial charge in [0.15, 0.2) is 6.29 Å². The first-order chi connectivity index (χ1) is 8.29. The molecule has 1 aromatic carbocycles. The van der Waals surface area contributed by atoms with Gasteiger partial charge in [-0.2, -0.15) is 0 Å². The molecule has 0 saturated carbocycles. The van der Waals surface area contributed by atoms with Gasteiger partial charge < -0.3 is 4.98 Å². The van der Waals surface area contributed by atoms with Gasteiger partial charge in [0.25, 0.3) is 0 Å². The minimum absolute atomic E-state index is 0.403. The largest absolute Gasteiger partial charge is 0.355 e. The Hall–Kier alpha value is -1.83. The monoisotopic (exact) mass is 225 g/mol. The third-order valence-electron chi connectivity index (χ3n) is 3.66. The van der Waals surface area contributed by atoms with Crippen molar-refractivity contribution < 1.29 is 4.79 Å². The minimum Gasteiger partial charge on any atom is -0.355 e. The van der Waals surface area contributed by atoms with E-state index in [9.17, 15) is 4.79 Å². The van der Waals surface area contributed by atoms with E-state index in [1.807, 2.05) is 12.1 Å². The molecular weight excluding hydrogens is 210 g/mol. The summed E-state index contributed by atoms with van der Waals surface area (Å²) in [4.78, 5) is 14.1. The molecule has 1 aliphatic rings. The zero-order chi connectivity index (χ0) is 11.8. The molecule has 2 unspecified atom stereocenters. The van der Waals surface area contributed by atoms with E-state index in [1.165, 1.54) is 16.8 Å². The van der Waals surface area contributed by atoms with Gasteiger partial charge in [-0.25, -0.2) is 0 Å². The van der Waals surface area contributed by atoms with Crippen LogP contribution < -0.4 is 0 Å². The van der Waals surface area contributed by atoms with Crippen LogP contribution in [0.2, 0.25) is 0 Å². The molecule has 3 rings (SSSR count). The van der Waals surface area contributed by atoms with Crippen LogP contribution in [-0.2, 0) is 6.42 Å². The molecule has 0 bridgehead atoms. The molecule has 0 amide bonds. The lowest BCUT2D eigenvalue weighted by Crippen LogP contribution is -2.06. The lowest BCUT2D eigenvalue weighted by atomic mass is 9.89. The number of nitrogens with one attached hydrogen (secondary N) is 1. The number of benzene rings is 1. The second kappa shape index (κ2) is 3.88. The van der Waals surface area contributed by atoms with Crippen LogP contribution in [0.3, 0.4) is 0 Å². The van der Waals surface area contributed by atoms with Crippen molar-refractivity contribution in [2.45, 2.75) is 19.3 Å². The van der Waals surface area contributed by atoms with Crippen molar-refractivity contribution in [2.75, 3.05) is 0 Å². The molecule has 1 heterocycles. The highest BCUT2D eigenvalue weighted by Crippen LogP contribution is 2.41. The third kappa shape index (κ3) is 1.60. The van der Waals surface area contributed by atoms with Crippen molar-refractivity contribution in [2.24, 2.45) is 5.92 Å². The first kappa shape index (κ1) is 10.3. The number of aldehydes is 1. The summed E-state index contributed by atoms with van der Waals surface area (Å²) in [5.41, 5.74) is 4.56. The summed E-state index contributed by atoms with van der Waals surface area (Å²) in [6.45, 7) is 2.27. The van der Waals surface area contributed by atoms with Gasteiger partial charge in [0.2, 0.25) is 0 Å². The summed E-state index contributed by atoms with van der Waals surface area (Å²) < 4.78 is 0. The van der Waals surface area contributed by atoms with Crippen LogP contribution in [0.15, 0.2) is 36.4 Å². The van der Waals surface area contributed by atoms with Crippen molar-refractivity contribution >= 4 is 6.29 Å². The van der Waals surface area contributed by atoms with Crippen LogP contribution in [0.4, 0.5) is 0 Å². The van der Waals surface area contributed by atoms with Crippen molar-refractivity contribution in [3.8, 4) is 0 Å². The Labute approximate surface area is 101 Å². The van der Waals surface area contributed by atoms with E-state index < -0.39 is 0 Å². The van der Waals surface area contributed by atoms with Gasteiger partial charge in [-0.3, -0.25) is 4.79 Å². The number of aromatic amines is 1. The van der Waals surface area contributed by atoms with Gasteiger partial charge in [-0.1, -0.05) is 37.3 Å². The standard InChI is InChI=1S/C15H15NO/c1-10-7-12-8-13(9-17)16-15(12)14(10)11-5-3-2-4-6-11/h2-6,8-10,14,16H,7H2,1H3.